The fourth-order valence-corrected chi connectivity index (χ4v) is 2.32. The Kier molecular flexibility index (Phi) is 4.49. The van der Waals surface area contributed by atoms with Crippen molar-refractivity contribution in [2.75, 3.05) is 31.5 Å². The van der Waals surface area contributed by atoms with Crippen LogP contribution >= 0.6 is 0 Å². The molecule has 0 spiro atoms. The molecular weight excluding hydrogens is 226 g/mol. The van der Waals surface area contributed by atoms with Crippen LogP contribution in [-0.2, 0) is 13.0 Å². The predicted molar refractivity (Wildman–Crippen MR) is 73.4 cm³/mol. The van der Waals surface area contributed by atoms with Crippen molar-refractivity contribution in [2.45, 2.75) is 26.8 Å². The molecule has 0 aliphatic carbocycles. The molecule has 1 aliphatic heterocycles. The lowest BCUT2D eigenvalue weighted by atomic mass is 10.1. The van der Waals surface area contributed by atoms with Gasteiger partial charge in [0, 0.05) is 50.9 Å². The molecule has 0 bridgehead atoms. The predicted octanol–water partition coefficient (Wildman–Crippen LogP) is 0.861. The van der Waals surface area contributed by atoms with Gasteiger partial charge in [0.25, 0.3) is 0 Å². The molecule has 0 atom stereocenters. The summed E-state index contributed by atoms with van der Waals surface area (Å²) in [6.07, 6.45) is 2.97. The van der Waals surface area contributed by atoms with Gasteiger partial charge in [-0.3, -0.25) is 4.90 Å². The summed E-state index contributed by atoms with van der Waals surface area (Å²) >= 11 is 0. The standard InChI is InChI=1S/C13H23N5/c1-10(2)8-18-6-3-12-11(9-18)7-16-13(17-12)15-5-4-14/h7,10H,3-6,8-9,14H2,1-2H3,(H,15,16,17). The van der Waals surface area contributed by atoms with E-state index in [9.17, 15) is 0 Å². The van der Waals surface area contributed by atoms with Crippen molar-refractivity contribution in [1.29, 1.82) is 0 Å². The third-order valence-corrected chi connectivity index (χ3v) is 3.06. The molecule has 5 nitrogen and oxygen atoms in total. The number of hydrogen-bond donors (Lipinski definition) is 2. The van der Waals surface area contributed by atoms with Crippen molar-refractivity contribution in [1.82, 2.24) is 14.9 Å². The molecule has 0 unspecified atom stereocenters. The van der Waals surface area contributed by atoms with E-state index in [-0.39, 0.29) is 0 Å². The number of hydrogen-bond acceptors (Lipinski definition) is 5. The second-order valence-corrected chi connectivity index (χ2v) is 5.26. The topological polar surface area (TPSA) is 67.1 Å². The summed E-state index contributed by atoms with van der Waals surface area (Å²) in [4.78, 5) is 11.4. The molecule has 1 aromatic rings. The van der Waals surface area contributed by atoms with E-state index in [0.717, 1.165) is 32.6 Å². The second-order valence-electron chi connectivity index (χ2n) is 5.26. The van der Waals surface area contributed by atoms with Crippen LogP contribution in [0, 0.1) is 5.92 Å². The van der Waals surface area contributed by atoms with Gasteiger partial charge in [-0.2, -0.15) is 0 Å². The van der Waals surface area contributed by atoms with E-state index >= 15 is 0 Å². The Balaban J connectivity index is 2.01. The molecule has 18 heavy (non-hydrogen) atoms. The maximum Gasteiger partial charge on any atom is 0.222 e. The number of nitrogens with two attached hydrogens (primary N) is 1. The first kappa shape index (κ1) is 13.2. The quantitative estimate of drug-likeness (QED) is 0.810. The maximum absolute atomic E-state index is 5.45. The third kappa shape index (κ3) is 3.40. The molecule has 0 fully saturated rings. The lowest BCUT2D eigenvalue weighted by Crippen LogP contribution is -2.34. The molecule has 0 aromatic carbocycles. The molecule has 5 heteroatoms. The Bertz CT molecular complexity index is 391. The Labute approximate surface area is 109 Å². The van der Waals surface area contributed by atoms with Crippen molar-refractivity contribution in [3.05, 3.63) is 17.5 Å². The van der Waals surface area contributed by atoms with Crippen LogP contribution in [0.4, 0.5) is 5.95 Å². The van der Waals surface area contributed by atoms with E-state index in [2.05, 4.69) is 34.0 Å². The average Bonchev–Trinajstić information content (AvgIpc) is 2.35. The molecule has 0 saturated carbocycles. The minimum atomic E-state index is 0.600. The van der Waals surface area contributed by atoms with Gasteiger partial charge in [-0.05, 0) is 5.92 Å². The largest absolute Gasteiger partial charge is 0.353 e. The summed E-state index contributed by atoms with van der Waals surface area (Å²) < 4.78 is 0. The van der Waals surface area contributed by atoms with Gasteiger partial charge in [0.05, 0.1) is 5.69 Å². The Hall–Kier alpha value is -1.20. The van der Waals surface area contributed by atoms with Gasteiger partial charge in [0.2, 0.25) is 5.95 Å². The fraction of sp³-hybridized carbons (Fsp3) is 0.692. The summed E-state index contributed by atoms with van der Waals surface area (Å²) in [5.41, 5.74) is 7.90. The van der Waals surface area contributed by atoms with Crippen LogP contribution in [0.25, 0.3) is 0 Å². The highest BCUT2D eigenvalue weighted by Crippen LogP contribution is 2.18. The van der Waals surface area contributed by atoms with E-state index < -0.39 is 0 Å². The minimum absolute atomic E-state index is 0.600. The molecule has 0 saturated heterocycles. The van der Waals surface area contributed by atoms with E-state index in [1.165, 1.54) is 11.3 Å². The van der Waals surface area contributed by atoms with Gasteiger partial charge in [0.1, 0.15) is 0 Å². The highest BCUT2D eigenvalue weighted by molar-refractivity contribution is 5.30. The van der Waals surface area contributed by atoms with Crippen molar-refractivity contribution >= 4 is 5.95 Å². The Morgan fingerprint density at radius 1 is 1.50 bits per heavy atom. The summed E-state index contributed by atoms with van der Waals surface area (Å²) in [6.45, 7) is 9.05. The number of rotatable bonds is 5. The van der Waals surface area contributed by atoms with Gasteiger partial charge in [-0.25, -0.2) is 9.97 Å². The van der Waals surface area contributed by atoms with Crippen LogP contribution in [-0.4, -0.2) is 41.0 Å². The van der Waals surface area contributed by atoms with Crippen molar-refractivity contribution in [2.24, 2.45) is 11.7 Å². The van der Waals surface area contributed by atoms with Crippen molar-refractivity contribution < 1.29 is 0 Å². The summed E-state index contributed by atoms with van der Waals surface area (Å²) in [7, 11) is 0. The highest BCUT2D eigenvalue weighted by Gasteiger charge is 2.18. The van der Waals surface area contributed by atoms with Gasteiger partial charge in [0.15, 0.2) is 0 Å². The van der Waals surface area contributed by atoms with Crippen LogP contribution in [0.3, 0.4) is 0 Å². The SMILES string of the molecule is CC(C)CN1CCc2nc(NCCN)ncc2C1. The van der Waals surface area contributed by atoms with Crippen LogP contribution in [0.2, 0.25) is 0 Å². The first-order valence-corrected chi connectivity index (χ1v) is 6.70. The number of fused-ring (bicyclic) bond motifs is 1. The van der Waals surface area contributed by atoms with E-state index in [4.69, 9.17) is 5.73 Å². The zero-order valence-corrected chi connectivity index (χ0v) is 11.3. The smallest absolute Gasteiger partial charge is 0.222 e. The normalized spacial score (nSPS) is 15.8. The lowest BCUT2D eigenvalue weighted by molar-refractivity contribution is 0.224. The number of nitrogens with zero attached hydrogens (tertiary/aromatic N) is 3. The minimum Gasteiger partial charge on any atom is -0.353 e. The zero-order valence-electron chi connectivity index (χ0n) is 11.3. The average molecular weight is 249 g/mol. The summed E-state index contributed by atoms with van der Waals surface area (Å²) in [5, 5.41) is 3.13. The monoisotopic (exact) mass is 249 g/mol. The van der Waals surface area contributed by atoms with Crippen LogP contribution in [0.15, 0.2) is 6.20 Å². The first-order chi connectivity index (χ1) is 8.69. The number of nitrogens with one attached hydrogen (secondary N) is 1. The van der Waals surface area contributed by atoms with Crippen LogP contribution in [0.5, 0.6) is 0 Å². The van der Waals surface area contributed by atoms with E-state index in [1.807, 2.05) is 6.20 Å². The van der Waals surface area contributed by atoms with Gasteiger partial charge in [-0.1, -0.05) is 13.8 Å². The molecule has 1 aromatic heterocycles. The molecule has 2 rings (SSSR count). The number of anilines is 1. The van der Waals surface area contributed by atoms with Crippen molar-refractivity contribution in [3.63, 3.8) is 0 Å². The molecular formula is C13H23N5. The molecule has 100 valence electrons. The molecule has 1 aliphatic rings. The van der Waals surface area contributed by atoms with E-state index in [1.54, 1.807) is 0 Å². The van der Waals surface area contributed by atoms with Gasteiger partial charge in [-0.15, -0.1) is 0 Å². The highest BCUT2D eigenvalue weighted by atomic mass is 15.2. The number of aromatic nitrogens is 2. The first-order valence-electron chi connectivity index (χ1n) is 6.70. The molecule has 0 radical (unpaired) electrons. The van der Waals surface area contributed by atoms with Crippen LogP contribution < -0.4 is 11.1 Å². The zero-order chi connectivity index (χ0) is 13.0. The third-order valence-electron chi connectivity index (χ3n) is 3.06. The van der Waals surface area contributed by atoms with Gasteiger partial charge < -0.3 is 11.1 Å². The molecule has 3 N–H and O–H groups in total. The van der Waals surface area contributed by atoms with Gasteiger partial charge >= 0.3 is 0 Å². The lowest BCUT2D eigenvalue weighted by Gasteiger charge is -2.29. The Morgan fingerprint density at radius 2 is 2.33 bits per heavy atom. The Morgan fingerprint density at radius 3 is 3.06 bits per heavy atom. The second kappa shape index (κ2) is 6.11. The van der Waals surface area contributed by atoms with E-state index in [0.29, 0.717) is 18.4 Å². The summed E-state index contributed by atoms with van der Waals surface area (Å²) in [6, 6.07) is 0. The molecule has 0 amide bonds. The molecule has 2 heterocycles. The summed E-state index contributed by atoms with van der Waals surface area (Å²) in [5.74, 6) is 1.41. The van der Waals surface area contributed by atoms with Crippen LogP contribution in [0.1, 0.15) is 25.1 Å². The maximum atomic E-state index is 5.45. The fourth-order valence-electron chi connectivity index (χ4n) is 2.32. The van der Waals surface area contributed by atoms with Crippen molar-refractivity contribution in [3.8, 4) is 0 Å².